The van der Waals surface area contributed by atoms with Crippen LogP contribution in [0.15, 0.2) is 34.7 Å². The van der Waals surface area contributed by atoms with Crippen molar-refractivity contribution in [1.29, 1.82) is 0 Å². The van der Waals surface area contributed by atoms with E-state index in [0.717, 1.165) is 29.8 Å². The molecule has 1 aliphatic heterocycles. The summed E-state index contributed by atoms with van der Waals surface area (Å²) in [4.78, 5) is 40.8. The number of aliphatic carboxylic acids is 1. The Hall–Kier alpha value is -2.36. The Morgan fingerprint density at radius 3 is 2.00 bits per heavy atom. The van der Waals surface area contributed by atoms with E-state index in [1.807, 2.05) is 6.07 Å². The molecule has 1 aromatic carbocycles. The Morgan fingerprint density at radius 2 is 1.56 bits per heavy atom. The first-order chi connectivity index (χ1) is 16.8. The topological polar surface area (TPSA) is 93.1 Å². The molecule has 0 spiro atoms. The van der Waals surface area contributed by atoms with Gasteiger partial charge in [-0.05, 0) is 70.9 Å². The molecule has 0 amide bonds. The molecule has 0 saturated heterocycles. The van der Waals surface area contributed by atoms with Gasteiger partial charge in [-0.25, -0.2) is 4.79 Å². The van der Waals surface area contributed by atoms with Gasteiger partial charge in [0, 0.05) is 47.8 Å². The van der Waals surface area contributed by atoms with E-state index in [0.29, 0.717) is 45.6 Å². The second kappa shape index (κ2) is 9.50. The van der Waals surface area contributed by atoms with E-state index < -0.39 is 18.5 Å². The summed E-state index contributed by atoms with van der Waals surface area (Å²) in [5.41, 5.74) is 3.92. The van der Waals surface area contributed by atoms with E-state index in [9.17, 15) is 14.4 Å². The van der Waals surface area contributed by atoms with E-state index in [1.54, 1.807) is 6.07 Å². The van der Waals surface area contributed by atoms with Gasteiger partial charge in [0.25, 0.3) is 0 Å². The summed E-state index contributed by atoms with van der Waals surface area (Å²) in [6.07, 6.45) is 2.38. The second-order valence-corrected chi connectivity index (χ2v) is 12.7. The Morgan fingerprint density at radius 1 is 1.03 bits per heavy atom. The average molecular weight is 607 g/mol. The number of carboxylic acids is 1. The Bertz CT molecular complexity index is 1150. The van der Waals surface area contributed by atoms with Crippen molar-refractivity contribution < 1.29 is 29.0 Å². The molecule has 3 aliphatic rings. The molecule has 1 heterocycles. The van der Waals surface area contributed by atoms with Crippen molar-refractivity contribution in [3.8, 4) is 11.5 Å². The molecule has 1 N–H and O–H groups in total. The maximum atomic E-state index is 13.7. The molecule has 0 atom stereocenters. The van der Waals surface area contributed by atoms with E-state index in [4.69, 9.17) is 14.6 Å². The number of carbonyl (C=O) groups is 3. The molecule has 36 heavy (non-hydrogen) atoms. The first-order valence-corrected chi connectivity index (χ1v) is 13.4. The van der Waals surface area contributed by atoms with Crippen LogP contribution < -0.4 is 9.47 Å². The van der Waals surface area contributed by atoms with Crippen LogP contribution in [-0.4, -0.2) is 47.8 Å². The molecule has 194 valence electrons. The number of carboxylic acid groups (broad SMARTS) is 1. The molecule has 0 radical (unpaired) electrons. The number of ketones is 2. The number of Topliss-reactive ketones (excluding diaryl/α,β-unsaturated/α-hetero) is 2. The summed E-state index contributed by atoms with van der Waals surface area (Å²) >= 11 is 2.10. The zero-order valence-corrected chi connectivity index (χ0v) is 23.9. The first kappa shape index (κ1) is 26.7. The fourth-order valence-electron chi connectivity index (χ4n) is 5.94. The van der Waals surface area contributed by atoms with Crippen LogP contribution in [-0.2, 0) is 14.4 Å². The first-order valence-electron chi connectivity index (χ1n) is 12.3. The van der Waals surface area contributed by atoms with Crippen LogP contribution in [0.3, 0.4) is 0 Å². The molecule has 7 nitrogen and oxygen atoms in total. The summed E-state index contributed by atoms with van der Waals surface area (Å²) in [7, 11) is 1.50. The van der Waals surface area contributed by atoms with Crippen molar-refractivity contribution in [2.45, 2.75) is 66.2 Å². The third-order valence-corrected chi connectivity index (χ3v) is 8.06. The number of halogens is 1. The van der Waals surface area contributed by atoms with Gasteiger partial charge in [-0.2, -0.15) is 0 Å². The molecule has 4 rings (SSSR count). The number of rotatable bonds is 6. The molecule has 8 heteroatoms. The number of carbonyl (C=O) groups excluding carboxylic acids is 2. The molecule has 0 bridgehead atoms. The lowest BCUT2D eigenvalue weighted by atomic mass is 9.63. The summed E-state index contributed by atoms with van der Waals surface area (Å²) < 4.78 is 11.8. The van der Waals surface area contributed by atoms with E-state index in [-0.39, 0.29) is 22.4 Å². The van der Waals surface area contributed by atoms with Crippen LogP contribution in [0.5, 0.6) is 11.5 Å². The zero-order valence-electron chi connectivity index (χ0n) is 21.8. The molecule has 0 unspecified atom stereocenters. The fourth-order valence-corrected chi connectivity index (χ4v) is 6.72. The largest absolute Gasteiger partial charge is 0.493 e. The van der Waals surface area contributed by atoms with Crippen LogP contribution in [0.1, 0.15) is 71.8 Å². The molecule has 1 aromatic rings. The van der Waals surface area contributed by atoms with Gasteiger partial charge in [0.2, 0.25) is 0 Å². The van der Waals surface area contributed by atoms with Crippen LogP contribution in [0, 0.1) is 14.4 Å². The number of hydrogen-bond donors (Lipinski definition) is 1. The van der Waals surface area contributed by atoms with Crippen molar-refractivity contribution in [1.82, 2.24) is 4.90 Å². The minimum absolute atomic E-state index is 0.0778. The van der Waals surface area contributed by atoms with Gasteiger partial charge in [0.05, 0.1) is 10.7 Å². The van der Waals surface area contributed by atoms with Gasteiger partial charge >= 0.3 is 5.97 Å². The molecule has 2 aliphatic carbocycles. The standard InChI is InChI=1S/C28H34INO6/c1-7-30-17-10-27(2,3)12-19(31)24(17)23(25-18(30)11-28(4,5)13-20(25)32)15-8-16(29)26(21(9-15)35-6)36-14-22(33)34/h8-9,23H,7,10-14H2,1-6H3,(H,33,34). The van der Waals surface area contributed by atoms with Crippen LogP contribution in [0.25, 0.3) is 0 Å². The lowest BCUT2D eigenvalue weighted by Crippen LogP contribution is -2.44. The highest BCUT2D eigenvalue weighted by atomic mass is 127. The van der Waals surface area contributed by atoms with Crippen molar-refractivity contribution in [2.75, 3.05) is 20.3 Å². The van der Waals surface area contributed by atoms with Crippen molar-refractivity contribution >= 4 is 40.1 Å². The SMILES string of the molecule is CCN1C2=C(C(=O)CC(C)(C)C2)C(c2cc(I)c(OCC(=O)O)c(OC)c2)C2=C1CC(C)(C)CC2=O. The molecular formula is C28H34INO6. The van der Waals surface area contributed by atoms with E-state index in [2.05, 4.69) is 62.1 Å². The predicted octanol–water partition coefficient (Wildman–Crippen LogP) is 5.47. The lowest BCUT2D eigenvalue weighted by Gasteiger charge is -2.49. The maximum absolute atomic E-state index is 13.7. The van der Waals surface area contributed by atoms with Crippen molar-refractivity contribution in [2.24, 2.45) is 10.8 Å². The van der Waals surface area contributed by atoms with Crippen molar-refractivity contribution in [3.05, 3.63) is 43.8 Å². The van der Waals surface area contributed by atoms with Gasteiger partial charge < -0.3 is 19.5 Å². The van der Waals surface area contributed by atoms with Crippen LogP contribution >= 0.6 is 22.6 Å². The number of ether oxygens (including phenoxy) is 2. The smallest absolute Gasteiger partial charge is 0.341 e. The van der Waals surface area contributed by atoms with Gasteiger partial charge in [0.15, 0.2) is 29.7 Å². The highest BCUT2D eigenvalue weighted by Gasteiger charge is 2.48. The summed E-state index contributed by atoms with van der Waals surface area (Å²) in [6, 6.07) is 3.68. The van der Waals surface area contributed by atoms with Crippen LogP contribution in [0.4, 0.5) is 0 Å². The van der Waals surface area contributed by atoms with Gasteiger partial charge in [-0.15, -0.1) is 0 Å². The van der Waals surface area contributed by atoms with Gasteiger partial charge in [-0.3, -0.25) is 9.59 Å². The molecular weight excluding hydrogens is 573 g/mol. The zero-order chi connectivity index (χ0) is 26.6. The number of benzene rings is 1. The second-order valence-electron chi connectivity index (χ2n) is 11.5. The molecule has 0 fully saturated rings. The van der Waals surface area contributed by atoms with E-state index in [1.165, 1.54) is 7.11 Å². The van der Waals surface area contributed by atoms with Crippen LogP contribution in [0.2, 0.25) is 0 Å². The number of hydrogen-bond acceptors (Lipinski definition) is 6. The van der Waals surface area contributed by atoms with Gasteiger partial charge in [0.1, 0.15) is 0 Å². The Labute approximate surface area is 226 Å². The highest BCUT2D eigenvalue weighted by molar-refractivity contribution is 14.1. The number of allylic oxidation sites excluding steroid dienone is 4. The summed E-state index contributed by atoms with van der Waals surface area (Å²) in [5, 5.41) is 9.08. The number of nitrogens with zero attached hydrogens (tertiary/aromatic N) is 1. The average Bonchev–Trinajstić information content (AvgIpc) is 2.74. The quantitative estimate of drug-likeness (QED) is 0.429. The number of methoxy groups -OCH3 is 1. The maximum Gasteiger partial charge on any atom is 0.341 e. The normalized spacial score (nSPS) is 21.4. The molecule has 0 aromatic heterocycles. The summed E-state index contributed by atoms with van der Waals surface area (Å²) in [6.45, 7) is 10.8. The van der Waals surface area contributed by atoms with Crippen molar-refractivity contribution in [3.63, 3.8) is 0 Å². The lowest BCUT2D eigenvalue weighted by molar-refractivity contribution is -0.139. The minimum Gasteiger partial charge on any atom is -0.493 e. The highest BCUT2D eigenvalue weighted by Crippen LogP contribution is 2.55. The third kappa shape index (κ3) is 4.80. The summed E-state index contributed by atoms with van der Waals surface area (Å²) in [5.74, 6) is -0.693. The van der Waals surface area contributed by atoms with E-state index >= 15 is 0 Å². The Kier molecular flexibility index (Phi) is 7.05. The molecule has 0 saturated carbocycles. The van der Waals surface area contributed by atoms with Gasteiger partial charge in [-0.1, -0.05) is 27.7 Å². The Balaban J connectivity index is 1.96. The monoisotopic (exact) mass is 607 g/mol. The third-order valence-electron chi connectivity index (χ3n) is 7.26. The fraction of sp³-hybridized carbons (Fsp3) is 0.536. The predicted molar refractivity (Wildman–Crippen MR) is 144 cm³/mol. The minimum atomic E-state index is -1.08.